The molecule has 0 radical (unpaired) electrons. The van der Waals surface area contributed by atoms with E-state index in [1.807, 2.05) is 14.0 Å². The molecule has 1 amide bonds. The summed E-state index contributed by atoms with van der Waals surface area (Å²) in [4.78, 5) is 12.1. The van der Waals surface area contributed by atoms with E-state index in [0.717, 1.165) is 17.6 Å². The summed E-state index contributed by atoms with van der Waals surface area (Å²) in [7, 11) is 1.84. The van der Waals surface area contributed by atoms with Crippen molar-refractivity contribution in [1.82, 2.24) is 15.1 Å². The van der Waals surface area contributed by atoms with Crippen LogP contribution in [0.25, 0.3) is 0 Å². The molecule has 0 aliphatic heterocycles. The molecular weight excluding hydrogens is 306 g/mol. The molecule has 0 aromatic carbocycles. The molecule has 2 atom stereocenters. The zero-order valence-corrected chi connectivity index (χ0v) is 13.2. The van der Waals surface area contributed by atoms with Crippen molar-refractivity contribution in [3.8, 4) is 0 Å². The summed E-state index contributed by atoms with van der Waals surface area (Å²) >= 11 is 3.59. The molecule has 5 heteroatoms. The fourth-order valence-corrected chi connectivity index (χ4v) is 3.75. The maximum atomic E-state index is 12.1. The molecule has 1 saturated carbocycles. The van der Waals surface area contributed by atoms with Crippen LogP contribution in [0.1, 0.15) is 41.7 Å². The van der Waals surface area contributed by atoms with Gasteiger partial charge < -0.3 is 5.32 Å². The fourth-order valence-electron chi connectivity index (χ4n) is 2.90. The number of nitrogens with zero attached hydrogens (tertiary/aromatic N) is 2. The first-order valence-electron chi connectivity index (χ1n) is 6.96. The molecule has 1 aliphatic rings. The van der Waals surface area contributed by atoms with Crippen LogP contribution in [-0.2, 0) is 7.05 Å². The number of carbonyl (C=O) groups excluding carboxylic acids is 1. The minimum absolute atomic E-state index is 0.00416. The fraction of sp³-hybridized carbons (Fsp3) is 0.714. The third-order valence-corrected chi connectivity index (χ3v) is 4.88. The molecule has 0 spiro atoms. The average molecular weight is 328 g/mol. The molecule has 0 saturated heterocycles. The van der Waals surface area contributed by atoms with Crippen molar-refractivity contribution in [3.05, 3.63) is 17.5 Å². The molecular formula is C14H22BrN3O. The van der Waals surface area contributed by atoms with Crippen LogP contribution in [0.5, 0.6) is 0 Å². The Morgan fingerprint density at radius 3 is 2.74 bits per heavy atom. The highest BCUT2D eigenvalue weighted by molar-refractivity contribution is 9.09. The van der Waals surface area contributed by atoms with E-state index in [4.69, 9.17) is 0 Å². The number of aromatic nitrogens is 2. The Labute approximate surface area is 123 Å². The molecule has 2 rings (SSSR count). The van der Waals surface area contributed by atoms with E-state index >= 15 is 0 Å². The van der Waals surface area contributed by atoms with Gasteiger partial charge in [0.05, 0.1) is 11.3 Å². The minimum atomic E-state index is 0.00416. The number of rotatable bonds is 4. The van der Waals surface area contributed by atoms with Gasteiger partial charge in [0.15, 0.2) is 0 Å². The molecule has 1 N–H and O–H groups in total. The Kier molecular flexibility index (Phi) is 5.02. The largest absolute Gasteiger partial charge is 0.352 e. The van der Waals surface area contributed by atoms with Gasteiger partial charge in [-0.1, -0.05) is 28.8 Å². The highest BCUT2D eigenvalue weighted by atomic mass is 79.9. The number of hydrogen-bond donors (Lipinski definition) is 1. The van der Waals surface area contributed by atoms with Gasteiger partial charge in [0, 0.05) is 25.1 Å². The number of alkyl halides is 1. The third kappa shape index (κ3) is 3.59. The van der Waals surface area contributed by atoms with Crippen molar-refractivity contribution in [2.75, 3.05) is 11.9 Å². The van der Waals surface area contributed by atoms with E-state index in [1.54, 1.807) is 10.9 Å². The zero-order chi connectivity index (χ0) is 13.8. The first-order chi connectivity index (χ1) is 9.11. The smallest absolute Gasteiger partial charge is 0.254 e. The molecule has 19 heavy (non-hydrogen) atoms. The van der Waals surface area contributed by atoms with E-state index < -0.39 is 0 Å². The van der Waals surface area contributed by atoms with Crippen molar-refractivity contribution >= 4 is 21.8 Å². The van der Waals surface area contributed by atoms with Crippen molar-refractivity contribution in [1.29, 1.82) is 0 Å². The van der Waals surface area contributed by atoms with E-state index in [9.17, 15) is 4.79 Å². The summed E-state index contributed by atoms with van der Waals surface area (Å²) in [5.74, 6) is 1.31. The molecule has 0 bridgehead atoms. The molecule has 1 aliphatic carbocycles. The zero-order valence-electron chi connectivity index (χ0n) is 11.7. The van der Waals surface area contributed by atoms with Crippen molar-refractivity contribution < 1.29 is 4.79 Å². The van der Waals surface area contributed by atoms with Crippen LogP contribution >= 0.6 is 15.9 Å². The van der Waals surface area contributed by atoms with Crippen molar-refractivity contribution in [2.24, 2.45) is 18.9 Å². The summed E-state index contributed by atoms with van der Waals surface area (Å²) in [5.41, 5.74) is 1.48. The normalized spacial score (nSPS) is 23.3. The van der Waals surface area contributed by atoms with Crippen molar-refractivity contribution in [2.45, 2.75) is 32.6 Å². The lowest BCUT2D eigenvalue weighted by atomic mass is 9.80. The molecule has 4 nitrogen and oxygen atoms in total. The van der Waals surface area contributed by atoms with Gasteiger partial charge in [0.25, 0.3) is 5.91 Å². The van der Waals surface area contributed by atoms with Gasteiger partial charge >= 0.3 is 0 Å². The summed E-state index contributed by atoms with van der Waals surface area (Å²) in [5, 5.41) is 8.32. The van der Waals surface area contributed by atoms with Crippen LogP contribution in [0, 0.1) is 18.8 Å². The van der Waals surface area contributed by atoms with Crippen LogP contribution in [0.3, 0.4) is 0 Å². The summed E-state index contributed by atoms with van der Waals surface area (Å²) < 4.78 is 1.69. The van der Waals surface area contributed by atoms with Gasteiger partial charge in [-0.25, -0.2) is 0 Å². The topological polar surface area (TPSA) is 46.9 Å². The van der Waals surface area contributed by atoms with Crippen LogP contribution in [0.4, 0.5) is 0 Å². The lowest BCUT2D eigenvalue weighted by molar-refractivity contribution is 0.0936. The lowest BCUT2D eigenvalue weighted by Gasteiger charge is -2.30. The second-order valence-electron chi connectivity index (χ2n) is 5.47. The van der Waals surface area contributed by atoms with Gasteiger partial charge in [0.2, 0.25) is 0 Å². The van der Waals surface area contributed by atoms with Gasteiger partial charge in [-0.3, -0.25) is 9.48 Å². The Balaban J connectivity index is 1.91. The number of nitrogens with one attached hydrogen (secondary N) is 1. The Morgan fingerprint density at radius 2 is 2.16 bits per heavy atom. The molecule has 1 aromatic heterocycles. The first-order valence-corrected chi connectivity index (χ1v) is 8.08. The number of carbonyl (C=O) groups is 1. The molecule has 1 heterocycles. The molecule has 106 valence electrons. The second kappa shape index (κ2) is 6.55. The van der Waals surface area contributed by atoms with Gasteiger partial charge in [0.1, 0.15) is 0 Å². The van der Waals surface area contributed by atoms with Gasteiger partial charge in [-0.15, -0.1) is 0 Å². The maximum Gasteiger partial charge on any atom is 0.254 e. The molecule has 2 unspecified atom stereocenters. The maximum absolute atomic E-state index is 12.1. The standard InChI is InChI=1S/C14H22BrN3O/c1-10-13(9-18(2)17-10)14(19)16-8-12-6-4-3-5-11(12)7-15/h9,11-12H,3-8H2,1-2H3,(H,16,19). The highest BCUT2D eigenvalue weighted by Gasteiger charge is 2.25. The van der Waals surface area contributed by atoms with Gasteiger partial charge in [-0.05, 0) is 31.6 Å². The van der Waals surface area contributed by atoms with Crippen LogP contribution < -0.4 is 5.32 Å². The van der Waals surface area contributed by atoms with E-state index in [0.29, 0.717) is 17.4 Å². The van der Waals surface area contributed by atoms with Gasteiger partial charge in [-0.2, -0.15) is 5.10 Å². The predicted octanol–water partition coefficient (Wildman–Crippen LogP) is 2.66. The monoisotopic (exact) mass is 327 g/mol. The van der Waals surface area contributed by atoms with Crippen LogP contribution in [0.15, 0.2) is 6.20 Å². The van der Waals surface area contributed by atoms with Crippen molar-refractivity contribution in [3.63, 3.8) is 0 Å². The molecule has 1 fully saturated rings. The first kappa shape index (κ1) is 14.6. The second-order valence-corrected chi connectivity index (χ2v) is 6.12. The number of amides is 1. The predicted molar refractivity (Wildman–Crippen MR) is 79.5 cm³/mol. The minimum Gasteiger partial charge on any atom is -0.352 e. The highest BCUT2D eigenvalue weighted by Crippen LogP contribution is 2.30. The van der Waals surface area contributed by atoms with E-state index in [2.05, 4.69) is 26.3 Å². The number of hydrogen-bond acceptors (Lipinski definition) is 2. The number of aryl methyl sites for hydroxylation is 2. The van der Waals surface area contributed by atoms with E-state index in [-0.39, 0.29) is 5.91 Å². The Hall–Kier alpha value is -0.840. The SMILES string of the molecule is Cc1nn(C)cc1C(=O)NCC1CCCCC1CBr. The third-order valence-electron chi connectivity index (χ3n) is 4.05. The average Bonchev–Trinajstić information content (AvgIpc) is 2.75. The summed E-state index contributed by atoms with van der Waals surface area (Å²) in [6, 6.07) is 0. The summed E-state index contributed by atoms with van der Waals surface area (Å²) in [6.07, 6.45) is 6.90. The summed E-state index contributed by atoms with van der Waals surface area (Å²) in [6.45, 7) is 2.65. The number of halogens is 1. The quantitative estimate of drug-likeness (QED) is 0.864. The molecule has 1 aromatic rings. The van der Waals surface area contributed by atoms with Crippen LogP contribution in [0.2, 0.25) is 0 Å². The Bertz CT molecular complexity index is 444. The van der Waals surface area contributed by atoms with E-state index in [1.165, 1.54) is 25.7 Å². The Morgan fingerprint density at radius 1 is 1.47 bits per heavy atom. The lowest BCUT2D eigenvalue weighted by Crippen LogP contribution is -2.35. The van der Waals surface area contributed by atoms with Crippen LogP contribution in [-0.4, -0.2) is 27.6 Å².